The van der Waals surface area contributed by atoms with Gasteiger partial charge in [-0.25, -0.2) is 14.6 Å². The highest BCUT2D eigenvalue weighted by Crippen LogP contribution is 2.28. The van der Waals surface area contributed by atoms with E-state index in [1.54, 1.807) is 24.3 Å². The van der Waals surface area contributed by atoms with Gasteiger partial charge in [0.25, 0.3) is 5.88 Å². The van der Waals surface area contributed by atoms with Gasteiger partial charge in [-0.15, -0.1) is 0 Å². The van der Waals surface area contributed by atoms with Gasteiger partial charge in [0.15, 0.2) is 17.5 Å². The first-order chi connectivity index (χ1) is 9.65. The number of hydrogen-bond donors (Lipinski definition) is 3. The lowest BCUT2D eigenvalue weighted by molar-refractivity contribution is 0.297. The van der Waals surface area contributed by atoms with Crippen LogP contribution in [0.25, 0.3) is 0 Å². The van der Waals surface area contributed by atoms with Gasteiger partial charge in [-0.05, 0) is 18.1 Å². The van der Waals surface area contributed by atoms with Gasteiger partial charge in [-0.1, -0.05) is 18.2 Å². The number of ether oxygens (including phenoxy) is 1. The van der Waals surface area contributed by atoms with Crippen molar-refractivity contribution >= 4 is 5.82 Å². The molecule has 4 N–H and O–H groups in total. The Hall–Kier alpha value is -2.25. The predicted molar refractivity (Wildman–Crippen MR) is 69.3 cm³/mol. The Balaban J connectivity index is 2.35. The van der Waals surface area contributed by atoms with Gasteiger partial charge >= 0.3 is 0 Å². The monoisotopic (exact) mass is 281 g/mol. The fourth-order valence-corrected chi connectivity index (χ4v) is 1.66. The first-order valence-electron chi connectivity index (χ1n) is 5.85. The first kappa shape index (κ1) is 14.2. The number of benzene rings is 1. The molecule has 2 aromatic rings. The number of nitrogen functional groups attached to an aromatic ring is 1. The third-order valence-corrected chi connectivity index (χ3v) is 2.59. The van der Waals surface area contributed by atoms with Crippen molar-refractivity contribution in [2.45, 2.75) is 6.42 Å². The molecule has 106 valence electrons. The van der Waals surface area contributed by atoms with Crippen molar-refractivity contribution < 1.29 is 18.6 Å². The number of hydrogen-bond acceptors (Lipinski definition) is 5. The van der Waals surface area contributed by atoms with Gasteiger partial charge in [-0.3, -0.25) is 0 Å². The summed E-state index contributed by atoms with van der Waals surface area (Å²) >= 11 is 0. The topological polar surface area (TPSA) is 80.4 Å². The summed E-state index contributed by atoms with van der Waals surface area (Å²) in [7, 11) is 0. The number of para-hydroxylation sites is 1. The number of nitrogens with one attached hydrogen (secondary N) is 1. The second kappa shape index (κ2) is 6.27. The molecular weight excluding hydrogens is 268 g/mol. The average Bonchev–Trinajstić information content (AvgIpc) is 2.44. The molecule has 1 heterocycles. The standard InChI is InChI=1S/C13H13F2N3O2/c14-9-7-10(15)13(17-12(9)18-16)20-11-4-2-1-3-8(11)5-6-19/h1-4,7,19H,5-6,16H2,(H,17,18). The lowest BCUT2D eigenvalue weighted by atomic mass is 10.1. The maximum absolute atomic E-state index is 13.6. The zero-order chi connectivity index (χ0) is 14.5. The SMILES string of the molecule is NNc1nc(Oc2ccccc2CCO)c(F)cc1F. The van der Waals surface area contributed by atoms with Crippen LogP contribution in [-0.4, -0.2) is 16.7 Å². The summed E-state index contributed by atoms with van der Waals surface area (Å²) in [5.74, 6) is 2.84. The van der Waals surface area contributed by atoms with E-state index in [0.29, 0.717) is 23.8 Å². The number of nitrogens with two attached hydrogens (primary N) is 1. The predicted octanol–water partition coefficient (Wildman–Crippen LogP) is 1.97. The molecule has 0 saturated carbocycles. The number of rotatable bonds is 5. The van der Waals surface area contributed by atoms with Crippen molar-refractivity contribution in [2.75, 3.05) is 12.0 Å². The molecular formula is C13H13F2N3O2. The number of pyridine rings is 1. The highest BCUT2D eigenvalue weighted by atomic mass is 19.1. The number of aromatic nitrogens is 1. The van der Waals surface area contributed by atoms with E-state index in [9.17, 15) is 8.78 Å². The molecule has 0 aliphatic rings. The number of anilines is 1. The van der Waals surface area contributed by atoms with Gasteiger partial charge in [0, 0.05) is 12.7 Å². The van der Waals surface area contributed by atoms with Crippen LogP contribution in [0.5, 0.6) is 11.6 Å². The van der Waals surface area contributed by atoms with E-state index in [4.69, 9.17) is 15.7 Å². The highest BCUT2D eigenvalue weighted by molar-refractivity contribution is 5.41. The largest absolute Gasteiger partial charge is 0.436 e. The van der Waals surface area contributed by atoms with E-state index in [-0.39, 0.29) is 12.4 Å². The van der Waals surface area contributed by atoms with Gasteiger partial charge in [0.1, 0.15) is 5.75 Å². The lowest BCUT2D eigenvalue weighted by Gasteiger charge is -2.11. The number of nitrogens with zero attached hydrogens (tertiary/aromatic N) is 1. The zero-order valence-corrected chi connectivity index (χ0v) is 10.4. The fourth-order valence-electron chi connectivity index (χ4n) is 1.66. The van der Waals surface area contributed by atoms with E-state index in [2.05, 4.69) is 4.98 Å². The molecule has 0 saturated heterocycles. The van der Waals surface area contributed by atoms with Crippen LogP contribution in [0.2, 0.25) is 0 Å². The second-order valence-corrected chi connectivity index (χ2v) is 3.93. The number of aliphatic hydroxyl groups excluding tert-OH is 1. The molecule has 0 aliphatic carbocycles. The van der Waals surface area contributed by atoms with Crippen LogP contribution in [0.4, 0.5) is 14.6 Å². The van der Waals surface area contributed by atoms with Crippen LogP contribution >= 0.6 is 0 Å². The summed E-state index contributed by atoms with van der Waals surface area (Å²) in [6, 6.07) is 7.42. The molecule has 0 aliphatic heterocycles. The van der Waals surface area contributed by atoms with E-state index < -0.39 is 17.5 Å². The number of halogens is 2. The van der Waals surface area contributed by atoms with Crippen molar-refractivity contribution in [2.24, 2.45) is 5.84 Å². The van der Waals surface area contributed by atoms with Crippen molar-refractivity contribution in [1.82, 2.24) is 4.98 Å². The minimum absolute atomic E-state index is 0.0741. The summed E-state index contributed by atoms with van der Waals surface area (Å²) < 4.78 is 32.2. The Labute approximate surface area is 114 Å². The molecule has 20 heavy (non-hydrogen) atoms. The van der Waals surface area contributed by atoms with E-state index in [1.807, 2.05) is 5.43 Å². The number of hydrazine groups is 1. The highest BCUT2D eigenvalue weighted by Gasteiger charge is 2.14. The molecule has 0 unspecified atom stereocenters. The molecule has 0 amide bonds. The quantitative estimate of drug-likeness (QED) is 0.576. The van der Waals surface area contributed by atoms with Crippen LogP contribution in [0.15, 0.2) is 30.3 Å². The molecule has 0 spiro atoms. The van der Waals surface area contributed by atoms with Crippen molar-refractivity contribution in [3.63, 3.8) is 0 Å². The normalized spacial score (nSPS) is 10.4. The molecule has 0 bridgehead atoms. The van der Waals surface area contributed by atoms with Crippen LogP contribution in [0, 0.1) is 11.6 Å². The molecule has 1 aromatic carbocycles. The fraction of sp³-hybridized carbons (Fsp3) is 0.154. The summed E-state index contributed by atoms with van der Waals surface area (Å²) in [6.07, 6.45) is 0.348. The van der Waals surface area contributed by atoms with E-state index >= 15 is 0 Å². The molecule has 2 rings (SSSR count). The van der Waals surface area contributed by atoms with Gasteiger partial charge < -0.3 is 15.3 Å². The Morgan fingerprint density at radius 3 is 2.70 bits per heavy atom. The lowest BCUT2D eigenvalue weighted by Crippen LogP contribution is -2.11. The van der Waals surface area contributed by atoms with Crippen molar-refractivity contribution in [1.29, 1.82) is 0 Å². The maximum Gasteiger partial charge on any atom is 0.258 e. The smallest absolute Gasteiger partial charge is 0.258 e. The Morgan fingerprint density at radius 1 is 1.25 bits per heavy atom. The van der Waals surface area contributed by atoms with Crippen LogP contribution in [-0.2, 0) is 6.42 Å². The molecule has 1 aromatic heterocycles. The summed E-state index contributed by atoms with van der Waals surface area (Å²) in [6.45, 7) is -0.0741. The zero-order valence-electron chi connectivity index (χ0n) is 10.4. The maximum atomic E-state index is 13.6. The molecule has 0 radical (unpaired) electrons. The van der Waals surface area contributed by atoms with Crippen LogP contribution in [0.1, 0.15) is 5.56 Å². The minimum atomic E-state index is -0.944. The van der Waals surface area contributed by atoms with E-state index in [0.717, 1.165) is 0 Å². The van der Waals surface area contributed by atoms with Gasteiger partial charge in [0.05, 0.1) is 0 Å². The molecule has 0 fully saturated rings. The van der Waals surface area contributed by atoms with Crippen LogP contribution in [0.3, 0.4) is 0 Å². The second-order valence-electron chi connectivity index (χ2n) is 3.93. The third-order valence-electron chi connectivity index (χ3n) is 2.59. The van der Waals surface area contributed by atoms with Crippen LogP contribution < -0.4 is 16.0 Å². The van der Waals surface area contributed by atoms with Gasteiger partial charge in [0.2, 0.25) is 0 Å². The molecule has 5 nitrogen and oxygen atoms in total. The first-order valence-corrected chi connectivity index (χ1v) is 5.85. The Kier molecular flexibility index (Phi) is 4.44. The molecule has 7 heteroatoms. The average molecular weight is 281 g/mol. The summed E-state index contributed by atoms with van der Waals surface area (Å²) in [5, 5.41) is 8.96. The number of aliphatic hydroxyl groups is 1. The van der Waals surface area contributed by atoms with Crippen molar-refractivity contribution in [3.8, 4) is 11.6 Å². The Morgan fingerprint density at radius 2 is 2.00 bits per heavy atom. The third kappa shape index (κ3) is 3.01. The Bertz CT molecular complexity index is 608. The summed E-state index contributed by atoms with van der Waals surface area (Å²) in [5.41, 5.74) is 2.70. The van der Waals surface area contributed by atoms with E-state index in [1.165, 1.54) is 0 Å². The molecule has 0 atom stereocenters. The van der Waals surface area contributed by atoms with Gasteiger partial charge in [-0.2, -0.15) is 4.98 Å². The van der Waals surface area contributed by atoms with Crippen molar-refractivity contribution in [3.05, 3.63) is 47.5 Å². The summed E-state index contributed by atoms with van der Waals surface area (Å²) in [4.78, 5) is 3.62. The minimum Gasteiger partial charge on any atom is -0.436 e.